The van der Waals surface area contributed by atoms with E-state index in [0.717, 1.165) is 17.7 Å². The highest BCUT2D eigenvalue weighted by molar-refractivity contribution is 5.99. The first-order valence-corrected chi connectivity index (χ1v) is 5.99. The maximum atomic E-state index is 13.1. The summed E-state index contributed by atoms with van der Waals surface area (Å²) in [4.78, 5) is 15.8. The Balaban J connectivity index is 1.97. The number of nitrogens with zero attached hydrogens (tertiary/aromatic N) is 1. The molecule has 1 heterocycles. The molecule has 2 aromatic rings. The van der Waals surface area contributed by atoms with Crippen LogP contribution >= 0.6 is 0 Å². The second kappa shape index (κ2) is 6.10. The number of pyridine rings is 1. The van der Waals surface area contributed by atoms with E-state index in [2.05, 4.69) is 10.3 Å². The van der Waals surface area contributed by atoms with Gasteiger partial charge in [-0.25, -0.2) is 8.78 Å². The molecule has 0 bridgehead atoms. The number of nitrogens with two attached hydrogens (primary N) is 1. The van der Waals surface area contributed by atoms with E-state index in [4.69, 9.17) is 5.73 Å². The van der Waals surface area contributed by atoms with Gasteiger partial charge in [0.05, 0.1) is 5.56 Å². The van der Waals surface area contributed by atoms with Gasteiger partial charge in [-0.15, -0.1) is 0 Å². The van der Waals surface area contributed by atoms with E-state index in [1.54, 1.807) is 18.5 Å². The van der Waals surface area contributed by atoms with E-state index in [1.165, 1.54) is 0 Å². The number of rotatable bonds is 4. The monoisotopic (exact) mass is 277 g/mol. The average Bonchev–Trinajstić information content (AvgIpc) is 2.44. The average molecular weight is 277 g/mol. The van der Waals surface area contributed by atoms with Crippen LogP contribution in [0.5, 0.6) is 0 Å². The molecular formula is C14H13F2N3O. The number of hydrogen-bond acceptors (Lipinski definition) is 3. The maximum absolute atomic E-state index is 13.1. The molecule has 104 valence electrons. The van der Waals surface area contributed by atoms with Crippen LogP contribution in [-0.2, 0) is 6.42 Å². The first kappa shape index (κ1) is 13.9. The molecule has 0 fully saturated rings. The van der Waals surface area contributed by atoms with Gasteiger partial charge in [-0.2, -0.15) is 0 Å². The lowest BCUT2D eigenvalue weighted by Gasteiger charge is -2.08. The van der Waals surface area contributed by atoms with E-state index < -0.39 is 17.5 Å². The van der Waals surface area contributed by atoms with Gasteiger partial charge in [0, 0.05) is 30.7 Å². The standard InChI is InChI=1S/C14H13F2N3O/c15-11-6-10(13(17)7-12(11)16)14(20)19-5-3-9-2-1-4-18-8-9/h1-2,4,6-8H,3,5,17H2,(H,19,20). The van der Waals surface area contributed by atoms with Crippen molar-refractivity contribution in [3.63, 3.8) is 0 Å². The van der Waals surface area contributed by atoms with Crippen LogP contribution in [0.4, 0.5) is 14.5 Å². The van der Waals surface area contributed by atoms with Crippen molar-refractivity contribution in [3.8, 4) is 0 Å². The molecule has 0 spiro atoms. The fourth-order valence-electron chi connectivity index (χ4n) is 1.72. The van der Waals surface area contributed by atoms with E-state index in [1.807, 2.05) is 6.07 Å². The number of benzene rings is 1. The first-order valence-electron chi connectivity index (χ1n) is 5.99. The number of aromatic nitrogens is 1. The SMILES string of the molecule is Nc1cc(F)c(F)cc1C(=O)NCCc1cccnc1. The van der Waals surface area contributed by atoms with E-state index in [9.17, 15) is 13.6 Å². The van der Waals surface area contributed by atoms with Crippen molar-refractivity contribution in [1.82, 2.24) is 10.3 Å². The summed E-state index contributed by atoms with van der Waals surface area (Å²) in [5.74, 6) is -2.71. The molecule has 1 amide bonds. The zero-order valence-corrected chi connectivity index (χ0v) is 10.6. The molecule has 2 rings (SSSR count). The summed E-state index contributed by atoms with van der Waals surface area (Å²) in [7, 11) is 0. The van der Waals surface area contributed by atoms with Crippen LogP contribution in [0.15, 0.2) is 36.7 Å². The molecule has 0 saturated heterocycles. The molecule has 4 nitrogen and oxygen atoms in total. The summed E-state index contributed by atoms with van der Waals surface area (Å²) in [6.45, 7) is 0.350. The molecule has 1 aromatic heterocycles. The Bertz CT molecular complexity index is 617. The topological polar surface area (TPSA) is 68.0 Å². The second-order valence-corrected chi connectivity index (χ2v) is 4.22. The highest BCUT2D eigenvalue weighted by Crippen LogP contribution is 2.16. The predicted molar refractivity (Wildman–Crippen MR) is 71.0 cm³/mol. The van der Waals surface area contributed by atoms with Crippen molar-refractivity contribution in [3.05, 3.63) is 59.4 Å². The van der Waals surface area contributed by atoms with E-state index >= 15 is 0 Å². The lowest BCUT2D eigenvalue weighted by Crippen LogP contribution is -2.26. The summed E-state index contributed by atoms with van der Waals surface area (Å²) < 4.78 is 26.0. The smallest absolute Gasteiger partial charge is 0.253 e. The van der Waals surface area contributed by atoms with Crippen LogP contribution in [0.1, 0.15) is 15.9 Å². The Morgan fingerprint density at radius 2 is 2.05 bits per heavy atom. The lowest BCUT2D eigenvalue weighted by atomic mass is 10.1. The molecule has 6 heteroatoms. The van der Waals surface area contributed by atoms with Gasteiger partial charge in [0.25, 0.3) is 5.91 Å². The van der Waals surface area contributed by atoms with Gasteiger partial charge in [0.15, 0.2) is 11.6 Å². The normalized spacial score (nSPS) is 10.3. The van der Waals surface area contributed by atoms with Crippen molar-refractivity contribution in [2.24, 2.45) is 0 Å². The zero-order valence-electron chi connectivity index (χ0n) is 10.6. The minimum Gasteiger partial charge on any atom is -0.398 e. The van der Waals surface area contributed by atoms with Gasteiger partial charge in [-0.1, -0.05) is 6.07 Å². The molecular weight excluding hydrogens is 264 g/mol. The van der Waals surface area contributed by atoms with Crippen molar-refractivity contribution in [2.45, 2.75) is 6.42 Å². The highest BCUT2D eigenvalue weighted by atomic mass is 19.2. The molecule has 3 N–H and O–H groups in total. The van der Waals surface area contributed by atoms with Crippen LogP contribution in [0.2, 0.25) is 0 Å². The van der Waals surface area contributed by atoms with Crippen molar-refractivity contribution in [1.29, 1.82) is 0 Å². The highest BCUT2D eigenvalue weighted by Gasteiger charge is 2.13. The third-order valence-corrected chi connectivity index (χ3v) is 2.76. The molecule has 20 heavy (non-hydrogen) atoms. The Morgan fingerprint density at radius 1 is 1.30 bits per heavy atom. The fourth-order valence-corrected chi connectivity index (χ4v) is 1.72. The number of carbonyl (C=O) groups excluding carboxylic acids is 1. The minimum atomic E-state index is -1.10. The molecule has 0 saturated carbocycles. The Morgan fingerprint density at radius 3 is 2.75 bits per heavy atom. The summed E-state index contributed by atoms with van der Waals surface area (Å²) >= 11 is 0. The Hall–Kier alpha value is -2.50. The third-order valence-electron chi connectivity index (χ3n) is 2.76. The van der Waals surface area contributed by atoms with Gasteiger partial charge >= 0.3 is 0 Å². The number of carbonyl (C=O) groups is 1. The number of amides is 1. The predicted octanol–water partition coefficient (Wildman–Crippen LogP) is 1.91. The summed E-state index contributed by atoms with van der Waals surface area (Å²) in [5, 5.41) is 2.60. The van der Waals surface area contributed by atoms with E-state index in [0.29, 0.717) is 13.0 Å². The van der Waals surface area contributed by atoms with Crippen molar-refractivity contribution in [2.75, 3.05) is 12.3 Å². The van der Waals surface area contributed by atoms with Crippen molar-refractivity contribution >= 4 is 11.6 Å². The third kappa shape index (κ3) is 3.28. The van der Waals surface area contributed by atoms with Gasteiger partial charge in [-0.05, 0) is 24.1 Å². The summed E-state index contributed by atoms with van der Waals surface area (Å²) in [6, 6.07) is 5.27. The second-order valence-electron chi connectivity index (χ2n) is 4.22. The Labute approximate surface area is 114 Å². The van der Waals surface area contributed by atoms with Crippen LogP contribution in [0.3, 0.4) is 0 Å². The number of anilines is 1. The fraction of sp³-hybridized carbons (Fsp3) is 0.143. The van der Waals surface area contributed by atoms with Crippen LogP contribution in [-0.4, -0.2) is 17.4 Å². The lowest BCUT2D eigenvalue weighted by molar-refractivity contribution is 0.0954. The largest absolute Gasteiger partial charge is 0.398 e. The molecule has 0 unspecified atom stereocenters. The van der Waals surface area contributed by atoms with Crippen LogP contribution in [0, 0.1) is 11.6 Å². The molecule has 0 radical (unpaired) electrons. The van der Waals surface area contributed by atoms with Crippen LogP contribution < -0.4 is 11.1 Å². The summed E-state index contributed by atoms with van der Waals surface area (Å²) in [5.41, 5.74) is 6.29. The number of nitrogen functional groups attached to an aromatic ring is 1. The van der Waals surface area contributed by atoms with Crippen molar-refractivity contribution < 1.29 is 13.6 Å². The van der Waals surface area contributed by atoms with Gasteiger partial charge in [0.1, 0.15) is 0 Å². The Kier molecular flexibility index (Phi) is 4.24. The first-order chi connectivity index (χ1) is 9.58. The zero-order chi connectivity index (χ0) is 14.5. The quantitative estimate of drug-likeness (QED) is 0.839. The molecule has 0 aliphatic rings. The molecule has 1 aromatic carbocycles. The number of nitrogens with one attached hydrogen (secondary N) is 1. The maximum Gasteiger partial charge on any atom is 0.253 e. The molecule has 0 aliphatic heterocycles. The molecule has 0 atom stereocenters. The number of halogens is 2. The van der Waals surface area contributed by atoms with Gasteiger partial charge < -0.3 is 11.1 Å². The minimum absolute atomic E-state index is 0.0740. The van der Waals surface area contributed by atoms with Gasteiger partial charge in [0.2, 0.25) is 0 Å². The van der Waals surface area contributed by atoms with E-state index in [-0.39, 0.29) is 11.3 Å². The van der Waals surface area contributed by atoms with Gasteiger partial charge in [-0.3, -0.25) is 9.78 Å². The van der Waals surface area contributed by atoms with Crippen LogP contribution in [0.25, 0.3) is 0 Å². The number of hydrogen-bond donors (Lipinski definition) is 2. The molecule has 0 aliphatic carbocycles. The summed E-state index contributed by atoms with van der Waals surface area (Å²) in [6.07, 6.45) is 3.94.